The van der Waals surface area contributed by atoms with Crippen molar-refractivity contribution in [3.63, 3.8) is 0 Å². The van der Waals surface area contributed by atoms with Crippen molar-refractivity contribution < 1.29 is 14.3 Å². The highest BCUT2D eigenvalue weighted by molar-refractivity contribution is 6.35. The first-order chi connectivity index (χ1) is 8.47. The van der Waals surface area contributed by atoms with Crippen molar-refractivity contribution in [1.82, 2.24) is 0 Å². The first-order valence-electron chi connectivity index (χ1n) is 5.65. The van der Waals surface area contributed by atoms with Gasteiger partial charge in [-0.25, -0.2) is 0 Å². The zero-order valence-corrected chi connectivity index (χ0v) is 11.8. The second-order valence-corrected chi connectivity index (χ2v) is 4.55. The first kappa shape index (κ1) is 14.8. The second-order valence-electron chi connectivity index (χ2n) is 4.17. The molecule has 0 amide bonds. The molecule has 0 saturated heterocycles. The lowest BCUT2D eigenvalue weighted by Crippen LogP contribution is -2.16. The number of nitrogens with two attached hydrogens (primary N) is 1. The Morgan fingerprint density at radius 2 is 2.00 bits per heavy atom. The van der Waals surface area contributed by atoms with Gasteiger partial charge in [0.2, 0.25) is 0 Å². The lowest BCUT2D eigenvalue weighted by Gasteiger charge is -2.18. The lowest BCUT2D eigenvalue weighted by molar-refractivity contribution is 0.0998. The van der Waals surface area contributed by atoms with Crippen molar-refractivity contribution in [2.45, 2.75) is 19.8 Å². The van der Waals surface area contributed by atoms with Gasteiger partial charge in [0, 0.05) is 0 Å². The molecule has 5 heteroatoms. The molecule has 1 aromatic rings. The molecule has 0 unspecified atom stereocenters. The van der Waals surface area contributed by atoms with E-state index in [2.05, 4.69) is 0 Å². The topological polar surface area (TPSA) is 61.5 Å². The van der Waals surface area contributed by atoms with Crippen LogP contribution < -0.4 is 15.2 Å². The Labute approximate surface area is 112 Å². The van der Waals surface area contributed by atoms with Crippen LogP contribution in [-0.4, -0.2) is 26.5 Å². The van der Waals surface area contributed by atoms with Crippen LogP contribution in [0.4, 0.5) is 0 Å². The number of rotatable bonds is 5. The lowest BCUT2D eigenvalue weighted by atomic mass is 9.97. The van der Waals surface area contributed by atoms with Gasteiger partial charge in [-0.2, -0.15) is 0 Å². The molecule has 4 nitrogen and oxygen atoms in total. The minimum Gasteiger partial charge on any atom is -0.493 e. The van der Waals surface area contributed by atoms with Crippen LogP contribution in [0, 0.1) is 0 Å². The quantitative estimate of drug-likeness (QED) is 0.837. The molecule has 0 aliphatic carbocycles. The Hall–Kier alpha value is -1.26. The number of benzene rings is 1. The van der Waals surface area contributed by atoms with Crippen LogP contribution >= 0.6 is 11.6 Å². The summed E-state index contributed by atoms with van der Waals surface area (Å²) in [5, 5.41) is 0.387. The first-order valence-corrected chi connectivity index (χ1v) is 6.03. The maximum absolute atomic E-state index is 11.9. The zero-order chi connectivity index (χ0) is 13.9. The van der Waals surface area contributed by atoms with Crippen LogP contribution in [0.1, 0.15) is 35.7 Å². The molecule has 1 aromatic carbocycles. The van der Waals surface area contributed by atoms with Gasteiger partial charge < -0.3 is 15.2 Å². The third kappa shape index (κ3) is 2.60. The molecule has 1 rings (SSSR count). The number of hydrogen-bond acceptors (Lipinski definition) is 4. The Morgan fingerprint density at radius 3 is 2.39 bits per heavy atom. The molecule has 0 fully saturated rings. The van der Waals surface area contributed by atoms with E-state index in [1.54, 1.807) is 6.07 Å². The molecule has 2 N–H and O–H groups in total. The molecule has 0 aromatic heterocycles. The third-order valence-electron chi connectivity index (χ3n) is 2.72. The van der Waals surface area contributed by atoms with Crippen molar-refractivity contribution in [3.8, 4) is 11.5 Å². The fourth-order valence-corrected chi connectivity index (χ4v) is 2.23. The van der Waals surface area contributed by atoms with Gasteiger partial charge in [0.25, 0.3) is 0 Å². The predicted molar refractivity (Wildman–Crippen MR) is 72.0 cm³/mol. The molecule has 0 bridgehead atoms. The van der Waals surface area contributed by atoms with Crippen LogP contribution in [0.3, 0.4) is 0 Å². The fraction of sp³-hybridized carbons (Fsp3) is 0.462. The number of Topliss-reactive ketones (excluding diaryl/α,β-unsaturated/α-hetero) is 1. The molecule has 0 heterocycles. The van der Waals surface area contributed by atoms with Crippen LogP contribution in [-0.2, 0) is 0 Å². The van der Waals surface area contributed by atoms with Gasteiger partial charge in [-0.3, -0.25) is 4.79 Å². The monoisotopic (exact) mass is 271 g/mol. The van der Waals surface area contributed by atoms with Gasteiger partial charge in [0.15, 0.2) is 17.3 Å². The van der Waals surface area contributed by atoms with Crippen molar-refractivity contribution in [2.24, 2.45) is 5.73 Å². The van der Waals surface area contributed by atoms with Gasteiger partial charge in [0.05, 0.1) is 31.4 Å². The summed E-state index contributed by atoms with van der Waals surface area (Å²) in [6.07, 6.45) is 0. The molecular formula is C13H18ClNO3. The van der Waals surface area contributed by atoms with E-state index in [-0.39, 0.29) is 18.2 Å². The van der Waals surface area contributed by atoms with Gasteiger partial charge in [-0.05, 0) is 17.5 Å². The molecule has 0 aliphatic rings. The van der Waals surface area contributed by atoms with E-state index in [0.717, 1.165) is 5.56 Å². The Balaban J connectivity index is 3.61. The number of carbonyl (C=O) groups excluding carboxylic acids is 1. The van der Waals surface area contributed by atoms with Crippen LogP contribution in [0.25, 0.3) is 0 Å². The molecule has 0 radical (unpaired) electrons. The van der Waals surface area contributed by atoms with Crippen molar-refractivity contribution in [1.29, 1.82) is 0 Å². The van der Waals surface area contributed by atoms with Crippen molar-refractivity contribution in [2.75, 3.05) is 20.8 Å². The summed E-state index contributed by atoms with van der Waals surface area (Å²) < 4.78 is 10.5. The smallest absolute Gasteiger partial charge is 0.181 e. The normalized spacial score (nSPS) is 10.6. The summed E-state index contributed by atoms with van der Waals surface area (Å²) >= 11 is 6.28. The fourth-order valence-electron chi connectivity index (χ4n) is 1.76. The number of ether oxygens (including phenoxy) is 2. The van der Waals surface area contributed by atoms with Crippen molar-refractivity contribution in [3.05, 3.63) is 22.2 Å². The van der Waals surface area contributed by atoms with Crippen LogP contribution in [0.5, 0.6) is 11.5 Å². The number of halogens is 1. The van der Waals surface area contributed by atoms with Crippen LogP contribution in [0.15, 0.2) is 6.07 Å². The van der Waals surface area contributed by atoms with Gasteiger partial charge in [-0.15, -0.1) is 0 Å². The van der Waals surface area contributed by atoms with E-state index < -0.39 is 0 Å². The Bertz CT molecular complexity index is 458. The van der Waals surface area contributed by atoms with E-state index in [1.807, 2.05) is 13.8 Å². The number of carbonyl (C=O) groups is 1. The van der Waals surface area contributed by atoms with E-state index in [9.17, 15) is 4.79 Å². The maximum atomic E-state index is 11.9. The summed E-state index contributed by atoms with van der Waals surface area (Å²) in [6, 6.07) is 1.79. The summed E-state index contributed by atoms with van der Waals surface area (Å²) in [4.78, 5) is 11.9. The molecule has 0 atom stereocenters. The van der Waals surface area contributed by atoms with Gasteiger partial charge in [0.1, 0.15) is 0 Å². The second kappa shape index (κ2) is 6.07. The summed E-state index contributed by atoms with van der Waals surface area (Å²) in [5.41, 5.74) is 6.54. The van der Waals surface area contributed by atoms with Crippen molar-refractivity contribution >= 4 is 17.4 Å². The van der Waals surface area contributed by atoms with E-state index in [1.165, 1.54) is 14.2 Å². The summed E-state index contributed by atoms with van der Waals surface area (Å²) in [5.74, 6) is 0.726. The number of methoxy groups -OCH3 is 2. The highest BCUT2D eigenvalue weighted by Crippen LogP contribution is 2.41. The average molecular weight is 272 g/mol. The van der Waals surface area contributed by atoms with E-state index in [0.29, 0.717) is 22.1 Å². The molecular weight excluding hydrogens is 254 g/mol. The SMILES string of the molecule is COc1cc(C(C)C)c(Cl)c(C(=O)CN)c1OC. The standard InChI is InChI=1S/C13H18ClNO3/c1-7(2)8-5-10(17-3)13(18-4)11(12(8)14)9(16)6-15/h5,7H,6,15H2,1-4H3. The Morgan fingerprint density at radius 1 is 1.39 bits per heavy atom. The molecule has 0 spiro atoms. The number of hydrogen-bond donors (Lipinski definition) is 1. The van der Waals surface area contributed by atoms with E-state index >= 15 is 0 Å². The Kier molecular flexibility index (Phi) is 4.99. The largest absolute Gasteiger partial charge is 0.493 e. The van der Waals surface area contributed by atoms with Crippen LogP contribution in [0.2, 0.25) is 5.02 Å². The summed E-state index contributed by atoms with van der Waals surface area (Å²) in [7, 11) is 2.99. The third-order valence-corrected chi connectivity index (χ3v) is 3.13. The minimum absolute atomic E-state index is 0.124. The average Bonchev–Trinajstić information content (AvgIpc) is 2.36. The molecule has 0 saturated carbocycles. The number of ketones is 1. The predicted octanol–water partition coefficient (Wildman–Crippen LogP) is 2.62. The molecule has 100 valence electrons. The highest BCUT2D eigenvalue weighted by atomic mass is 35.5. The van der Waals surface area contributed by atoms with Gasteiger partial charge >= 0.3 is 0 Å². The zero-order valence-electron chi connectivity index (χ0n) is 11.0. The molecule has 18 heavy (non-hydrogen) atoms. The highest BCUT2D eigenvalue weighted by Gasteiger charge is 2.23. The maximum Gasteiger partial charge on any atom is 0.181 e. The molecule has 0 aliphatic heterocycles. The summed E-state index contributed by atoms with van der Waals surface area (Å²) in [6.45, 7) is 3.86. The van der Waals surface area contributed by atoms with E-state index in [4.69, 9.17) is 26.8 Å². The minimum atomic E-state index is -0.266. The van der Waals surface area contributed by atoms with Gasteiger partial charge in [-0.1, -0.05) is 25.4 Å².